The summed E-state index contributed by atoms with van der Waals surface area (Å²) in [4.78, 5) is 0.744. The lowest BCUT2D eigenvalue weighted by Gasteiger charge is -2.09. The Morgan fingerprint density at radius 3 is 2.81 bits per heavy atom. The molecule has 0 amide bonds. The highest BCUT2D eigenvalue weighted by Crippen LogP contribution is 2.30. The molecule has 0 radical (unpaired) electrons. The standard InChI is InChI=1S/C8H10BrN5OS/c1-3-4-7(16-13-10-4)6(15)5-8(9)11-12-14(5)2/h6,15H,3H2,1-2H3. The Bertz CT molecular complexity index is 477. The highest BCUT2D eigenvalue weighted by Gasteiger charge is 2.24. The molecule has 0 aliphatic rings. The predicted octanol–water partition coefficient (Wildman–Crippen LogP) is 1.07. The number of aliphatic hydroxyl groups excluding tert-OH is 1. The van der Waals surface area contributed by atoms with Crippen LogP contribution >= 0.6 is 27.5 Å². The van der Waals surface area contributed by atoms with E-state index < -0.39 is 6.10 Å². The number of rotatable bonds is 3. The van der Waals surface area contributed by atoms with Crippen LogP contribution in [0.1, 0.15) is 29.3 Å². The van der Waals surface area contributed by atoms with Crippen molar-refractivity contribution in [1.29, 1.82) is 0 Å². The van der Waals surface area contributed by atoms with Crippen molar-refractivity contribution in [3.63, 3.8) is 0 Å². The third-order valence-corrected chi connectivity index (χ3v) is 3.64. The summed E-state index contributed by atoms with van der Waals surface area (Å²) < 4.78 is 5.92. The second-order valence-corrected chi connectivity index (χ2v) is 4.77. The number of aromatic nitrogens is 5. The van der Waals surface area contributed by atoms with Crippen LogP contribution in [0.2, 0.25) is 0 Å². The summed E-state index contributed by atoms with van der Waals surface area (Å²) in [6.45, 7) is 1.98. The molecule has 16 heavy (non-hydrogen) atoms. The molecule has 0 aliphatic carbocycles. The zero-order valence-electron chi connectivity index (χ0n) is 8.75. The van der Waals surface area contributed by atoms with Gasteiger partial charge in [-0.2, -0.15) is 0 Å². The molecule has 1 unspecified atom stereocenters. The SMILES string of the molecule is CCc1nnsc1C(O)c1c(Br)nnn1C. The van der Waals surface area contributed by atoms with Gasteiger partial charge in [-0.25, -0.2) is 4.68 Å². The van der Waals surface area contributed by atoms with Crippen molar-refractivity contribution in [2.45, 2.75) is 19.4 Å². The first-order valence-electron chi connectivity index (χ1n) is 4.69. The summed E-state index contributed by atoms with van der Waals surface area (Å²) in [7, 11) is 1.73. The molecule has 2 aromatic rings. The molecule has 2 rings (SSSR count). The number of aryl methyl sites for hydroxylation is 2. The van der Waals surface area contributed by atoms with E-state index in [9.17, 15) is 5.11 Å². The number of nitrogens with zero attached hydrogens (tertiary/aromatic N) is 5. The first kappa shape index (κ1) is 11.6. The molecule has 2 aromatic heterocycles. The topological polar surface area (TPSA) is 76.7 Å². The zero-order chi connectivity index (χ0) is 11.7. The molecule has 86 valence electrons. The van der Waals surface area contributed by atoms with Crippen molar-refractivity contribution in [3.8, 4) is 0 Å². The number of hydrogen-bond donors (Lipinski definition) is 1. The van der Waals surface area contributed by atoms with E-state index in [0.29, 0.717) is 10.3 Å². The van der Waals surface area contributed by atoms with Crippen LogP contribution in [-0.4, -0.2) is 29.7 Å². The Balaban J connectivity index is 2.43. The highest BCUT2D eigenvalue weighted by atomic mass is 79.9. The third-order valence-electron chi connectivity index (χ3n) is 2.25. The van der Waals surface area contributed by atoms with Gasteiger partial charge in [0.1, 0.15) is 11.8 Å². The average Bonchev–Trinajstić information content (AvgIpc) is 2.85. The lowest BCUT2D eigenvalue weighted by atomic mass is 10.1. The van der Waals surface area contributed by atoms with Gasteiger partial charge in [0.15, 0.2) is 4.60 Å². The second kappa shape index (κ2) is 4.56. The van der Waals surface area contributed by atoms with Gasteiger partial charge in [0, 0.05) is 7.05 Å². The predicted molar refractivity (Wildman–Crippen MR) is 62.1 cm³/mol. The van der Waals surface area contributed by atoms with Crippen molar-refractivity contribution in [1.82, 2.24) is 24.6 Å². The van der Waals surface area contributed by atoms with Gasteiger partial charge in [-0.15, -0.1) is 10.2 Å². The van der Waals surface area contributed by atoms with Crippen molar-refractivity contribution in [3.05, 3.63) is 20.9 Å². The first-order valence-corrected chi connectivity index (χ1v) is 6.26. The Morgan fingerprint density at radius 1 is 1.50 bits per heavy atom. The van der Waals surface area contributed by atoms with Gasteiger partial charge in [-0.05, 0) is 33.9 Å². The van der Waals surface area contributed by atoms with Crippen LogP contribution in [0.25, 0.3) is 0 Å². The summed E-state index contributed by atoms with van der Waals surface area (Å²) in [5.41, 5.74) is 1.42. The lowest BCUT2D eigenvalue weighted by molar-refractivity contribution is 0.211. The molecule has 0 spiro atoms. The summed E-state index contributed by atoms with van der Waals surface area (Å²) in [5.74, 6) is 0. The Morgan fingerprint density at radius 2 is 2.25 bits per heavy atom. The van der Waals surface area contributed by atoms with Gasteiger partial charge in [0.25, 0.3) is 0 Å². The molecule has 0 aromatic carbocycles. The van der Waals surface area contributed by atoms with E-state index >= 15 is 0 Å². The van der Waals surface area contributed by atoms with Crippen LogP contribution in [0.3, 0.4) is 0 Å². The second-order valence-electron chi connectivity index (χ2n) is 3.23. The fourth-order valence-corrected chi connectivity index (χ4v) is 2.70. The van der Waals surface area contributed by atoms with Crippen molar-refractivity contribution >= 4 is 27.5 Å². The molecule has 0 saturated heterocycles. The molecular formula is C8H10BrN5OS. The quantitative estimate of drug-likeness (QED) is 0.918. The van der Waals surface area contributed by atoms with E-state index in [1.807, 2.05) is 6.92 Å². The summed E-state index contributed by atoms with van der Waals surface area (Å²) >= 11 is 4.46. The number of hydrogen-bond acceptors (Lipinski definition) is 6. The van der Waals surface area contributed by atoms with Crippen LogP contribution in [0.5, 0.6) is 0 Å². The van der Waals surface area contributed by atoms with Crippen LogP contribution < -0.4 is 0 Å². The molecule has 0 fully saturated rings. The minimum atomic E-state index is -0.788. The van der Waals surface area contributed by atoms with Crippen LogP contribution in [0.15, 0.2) is 4.60 Å². The Kier molecular flexibility index (Phi) is 3.31. The highest BCUT2D eigenvalue weighted by molar-refractivity contribution is 9.10. The maximum Gasteiger partial charge on any atom is 0.154 e. The van der Waals surface area contributed by atoms with Crippen LogP contribution in [-0.2, 0) is 13.5 Å². The fraction of sp³-hybridized carbons (Fsp3) is 0.500. The van der Waals surface area contributed by atoms with Crippen LogP contribution in [0.4, 0.5) is 0 Å². The molecule has 0 aliphatic heterocycles. The van der Waals surface area contributed by atoms with E-state index in [1.165, 1.54) is 16.2 Å². The molecule has 8 heteroatoms. The van der Waals surface area contributed by atoms with Gasteiger partial charge < -0.3 is 5.11 Å². The third kappa shape index (κ3) is 1.87. The smallest absolute Gasteiger partial charge is 0.154 e. The molecule has 6 nitrogen and oxygen atoms in total. The van der Waals surface area contributed by atoms with Crippen LogP contribution in [0, 0.1) is 0 Å². The van der Waals surface area contributed by atoms with E-state index in [4.69, 9.17) is 0 Å². The molecular weight excluding hydrogens is 294 g/mol. The van der Waals surface area contributed by atoms with Gasteiger partial charge in [0.2, 0.25) is 0 Å². The molecule has 2 heterocycles. The fourth-order valence-electron chi connectivity index (χ4n) is 1.42. The molecule has 1 N–H and O–H groups in total. The Labute approximate surface area is 105 Å². The van der Waals surface area contributed by atoms with Gasteiger partial charge in [-0.3, -0.25) is 0 Å². The van der Waals surface area contributed by atoms with E-state index in [2.05, 4.69) is 35.8 Å². The maximum atomic E-state index is 10.2. The lowest BCUT2D eigenvalue weighted by Crippen LogP contribution is -2.07. The zero-order valence-corrected chi connectivity index (χ0v) is 11.2. The van der Waals surface area contributed by atoms with Crippen molar-refractivity contribution in [2.24, 2.45) is 7.05 Å². The minimum absolute atomic E-state index is 0.540. The molecule has 0 bridgehead atoms. The molecule has 0 saturated carbocycles. The number of halogens is 1. The minimum Gasteiger partial charge on any atom is -0.381 e. The van der Waals surface area contributed by atoms with Gasteiger partial charge in [-0.1, -0.05) is 16.6 Å². The average molecular weight is 304 g/mol. The summed E-state index contributed by atoms with van der Waals surface area (Å²) in [5, 5.41) is 21.9. The normalized spacial score (nSPS) is 13.0. The monoisotopic (exact) mass is 303 g/mol. The van der Waals surface area contributed by atoms with Gasteiger partial charge >= 0.3 is 0 Å². The Hall–Kier alpha value is -0.860. The van der Waals surface area contributed by atoms with Crippen molar-refractivity contribution in [2.75, 3.05) is 0 Å². The van der Waals surface area contributed by atoms with Gasteiger partial charge in [0.05, 0.1) is 10.6 Å². The van der Waals surface area contributed by atoms with Crippen molar-refractivity contribution < 1.29 is 5.11 Å². The van der Waals surface area contributed by atoms with E-state index in [-0.39, 0.29) is 0 Å². The summed E-state index contributed by atoms with van der Waals surface area (Å²) in [6, 6.07) is 0. The summed E-state index contributed by atoms with van der Waals surface area (Å²) in [6.07, 6.45) is -0.0458. The largest absolute Gasteiger partial charge is 0.381 e. The van der Waals surface area contributed by atoms with E-state index in [0.717, 1.165) is 17.0 Å². The first-order chi connectivity index (χ1) is 7.65. The molecule has 1 atom stereocenters. The van der Waals surface area contributed by atoms with E-state index in [1.54, 1.807) is 7.05 Å². The number of aliphatic hydroxyl groups is 1. The maximum absolute atomic E-state index is 10.2.